The fraction of sp³-hybridized carbons (Fsp3) is 0.423. The first kappa shape index (κ1) is 23.9. The van der Waals surface area contributed by atoms with Gasteiger partial charge in [-0.05, 0) is 47.2 Å². The van der Waals surface area contributed by atoms with Crippen LogP contribution in [0.2, 0.25) is 0 Å². The molecule has 0 radical (unpaired) electrons. The van der Waals surface area contributed by atoms with Crippen LogP contribution in [0.1, 0.15) is 66.7 Å². The van der Waals surface area contributed by atoms with Gasteiger partial charge in [0.2, 0.25) is 5.91 Å². The van der Waals surface area contributed by atoms with Gasteiger partial charge in [-0.2, -0.15) is 0 Å². The van der Waals surface area contributed by atoms with Crippen LogP contribution in [0.4, 0.5) is 4.39 Å². The quantitative estimate of drug-likeness (QED) is 0.524. The van der Waals surface area contributed by atoms with E-state index in [-0.39, 0.29) is 36.3 Å². The van der Waals surface area contributed by atoms with Crippen molar-refractivity contribution in [2.45, 2.75) is 64.3 Å². The van der Waals surface area contributed by atoms with Crippen LogP contribution in [0.5, 0.6) is 0 Å². The molecule has 2 amide bonds. The molecule has 1 fully saturated rings. The minimum absolute atomic E-state index is 0.0184. The normalized spacial score (nSPS) is 24.2. The standard InChI is InChI=1S/C26H31FN4O3/c1-4-26(15(2)3)13-22(33)31(25(28)30-26)14-16-9-18(11-19(27)10-16)24(34)29-23-20-8-6-5-7-17(20)12-21(23)32/h5-11,15,21,23,32H,4,12-14H2,1-3H3,(H2,28,30)(H,29,34)/t21-,23-,26-/m1/s1. The molecule has 2 aromatic rings. The average molecular weight is 467 g/mol. The molecule has 0 saturated carbocycles. The van der Waals surface area contributed by atoms with E-state index in [2.05, 4.69) is 10.6 Å². The number of aliphatic hydroxyl groups excluding tert-OH is 1. The highest BCUT2D eigenvalue weighted by Gasteiger charge is 2.42. The van der Waals surface area contributed by atoms with E-state index in [4.69, 9.17) is 5.41 Å². The first-order valence-corrected chi connectivity index (χ1v) is 11.7. The summed E-state index contributed by atoms with van der Waals surface area (Å²) < 4.78 is 14.4. The highest BCUT2D eigenvalue weighted by molar-refractivity contribution is 5.99. The van der Waals surface area contributed by atoms with Crippen LogP contribution in [-0.4, -0.2) is 39.4 Å². The second-order valence-electron chi connectivity index (χ2n) is 9.56. The lowest BCUT2D eigenvalue weighted by Gasteiger charge is -2.45. The zero-order valence-corrected chi connectivity index (χ0v) is 19.7. The van der Waals surface area contributed by atoms with Crippen molar-refractivity contribution in [1.82, 2.24) is 15.5 Å². The third-order valence-electron chi connectivity index (χ3n) is 7.19. The Balaban J connectivity index is 1.51. The molecule has 1 aliphatic carbocycles. The van der Waals surface area contributed by atoms with Gasteiger partial charge in [0, 0.05) is 12.0 Å². The zero-order valence-electron chi connectivity index (χ0n) is 19.7. The Kier molecular flexibility index (Phi) is 6.45. The molecule has 0 aromatic heterocycles. The molecule has 1 saturated heterocycles. The Morgan fingerprint density at radius 1 is 1.32 bits per heavy atom. The molecule has 8 heteroatoms. The number of aliphatic hydroxyl groups is 1. The Bertz CT molecular complexity index is 1110. The number of hydrogen-bond acceptors (Lipinski definition) is 4. The molecular formula is C26H31FN4O3. The molecule has 4 N–H and O–H groups in total. The number of halogens is 1. The molecule has 2 aliphatic rings. The van der Waals surface area contributed by atoms with Gasteiger partial charge in [0.15, 0.2) is 5.96 Å². The van der Waals surface area contributed by atoms with Crippen molar-refractivity contribution in [1.29, 1.82) is 5.41 Å². The lowest BCUT2D eigenvalue weighted by atomic mass is 9.79. The fourth-order valence-electron chi connectivity index (χ4n) is 5.00. The topological polar surface area (TPSA) is 106 Å². The summed E-state index contributed by atoms with van der Waals surface area (Å²) in [7, 11) is 0. The number of guanidine groups is 1. The molecule has 1 aliphatic heterocycles. The molecular weight excluding hydrogens is 435 g/mol. The molecule has 0 unspecified atom stereocenters. The number of rotatable bonds is 6. The van der Waals surface area contributed by atoms with Gasteiger partial charge in [0.1, 0.15) is 5.82 Å². The van der Waals surface area contributed by atoms with E-state index >= 15 is 0 Å². The molecule has 4 rings (SSSR count). The molecule has 1 heterocycles. The van der Waals surface area contributed by atoms with E-state index in [1.54, 1.807) is 0 Å². The molecule has 7 nitrogen and oxygen atoms in total. The molecule has 34 heavy (non-hydrogen) atoms. The van der Waals surface area contributed by atoms with Crippen LogP contribution in [-0.2, 0) is 17.8 Å². The van der Waals surface area contributed by atoms with E-state index in [0.717, 1.165) is 17.2 Å². The monoisotopic (exact) mass is 466 g/mol. The Morgan fingerprint density at radius 3 is 2.74 bits per heavy atom. The van der Waals surface area contributed by atoms with Crippen molar-refractivity contribution >= 4 is 17.8 Å². The maximum absolute atomic E-state index is 14.4. The highest BCUT2D eigenvalue weighted by Crippen LogP contribution is 2.32. The summed E-state index contributed by atoms with van der Waals surface area (Å²) in [6, 6.07) is 10.9. The van der Waals surface area contributed by atoms with Crippen molar-refractivity contribution in [3.63, 3.8) is 0 Å². The third kappa shape index (κ3) is 4.42. The summed E-state index contributed by atoms with van der Waals surface area (Å²) in [5.74, 6) is -1.19. The van der Waals surface area contributed by atoms with Gasteiger partial charge in [0.25, 0.3) is 5.91 Å². The summed E-state index contributed by atoms with van der Waals surface area (Å²) in [5.41, 5.74) is 1.85. The molecule has 0 bridgehead atoms. The maximum atomic E-state index is 14.4. The first-order valence-electron chi connectivity index (χ1n) is 11.7. The van der Waals surface area contributed by atoms with Crippen molar-refractivity contribution in [2.75, 3.05) is 0 Å². The second kappa shape index (κ2) is 9.18. The summed E-state index contributed by atoms with van der Waals surface area (Å²) in [6.07, 6.45) is 0.627. The number of nitrogens with one attached hydrogen (secondary N) is 3. The van der Waals surface area contributed by atoms with E-state index in [1.807, 2.05) is 45.0 Å². The number of amides is 2. The van der Waals surface area contributed by atoms with E-state index in [9.17, 15) is 19.1 Å². The van der Waals surface area contributed by atoms with Gasteiger partial charge in [-0.1, -0.05) is 45.0 Å². The molecule has 180 valence electrons. The van der Waals surface area contributed by atoms with Crippen LogP contribution >= 0.6 is 0 Å². The van der Waals surface area contributed by atoms with E-state index < -0.39 is 29.4 Å². The number of nitrogens with zero attached hydrogens (tertiary/aromatic N) is 1. The van der Waals surface area contributed by atoms with Crippen LogP contribution in [0.15, 0.2) is 42.5 Å². The smallest absolute Gasteiger partial charge is 0.251 e. The highest BCUT2D eigenvalue weighted by atomic mass is 19.1. The van der Waals surface area contributed by atoms with Gasteiger partial charge in [0.05, 0.1) is 30.7 Å². The third-order valence-corrected chi connectivity index (χ3v) is 7.19. The summed E-state index contributed by atoms with van der Waals surface area (Å²) >= 11 is 0. The Hall–Kier alpha value is -3.26. The predicted molar refractivity (Wildman–Crippen MR) is 127 cm³/mol. The van der Waals surface area contributed by atoms with Gasteiger partial charge in [-0.15, -0.1) is 0 Å². The van der Waals surface area contributed by atoms with Crippen molar-refractivity contribution in [3.8, 4) is 0 Å². The second-order valence-corrected chi connectivity index (χ2v) is 9.56. The maximum Gasteiger partial charge on any atom is 0.251 e. The Labute approximate surface area is 198 Å². The first-order chi connectivity index (χ1) is 16.1. The van der Waals surface area contributed by atoms with Crippen molar-refractivity contribution in [2.24, 2.45) is 5.92 Å². The SMILES string of the molecule is CC[C@]1(C(C)C)CC(=O)N(Cc2cc(F)cc(C(=O)N[C@@H]3c4ccccc4C[C@H]3O)c2)C(=N)N1. The van der Waals surface area contributed by atoms with Crippen molar-refractivity contribution in [3.05, 3.63) is 70.5 Å². The number of carbonyl (C=O) groups excluding carboxylic acids is 2. The van der Waals surface area contributed by atoms with Crippen LogP contribution in [0.3, 0.4) is 0 Å². The predicted octanol–water partition coefficient (Wildman–Crippen LogP) is 3.28. The molecule has 0 spiro atoms. The van der Waals surface area contributed by atoms with Crippen molar-refractivity contribution < 1.29 is 19.1 Å². The van der Waals surface area contributed by atoms with Gasteiger partial charge >= 0.3 is 0 Å². The minimum atomic E-state index is -0.758. The molecule has 2 aromatic carbocycles. The summed E-state index contributed by atoms with van der Waals surface area (Å²) in [4.78, 5) is 27.2. The minimum Gasteiger partial charge on any atom is -0.390 e. The number of benzene rings is 2. The number of carbonyl (C=O) groups is 2. The molecule has 3 atom stereocenters. The largest absolute Gasteiger partial charge is 0.390 e. The number of fused-ring (bicyclic) bond motifs is 1. The Morgan fingerprint density at radius 2 is 2.06 bits per heavy atom. The fourth-order valence-corrected chi connectivity index (χ4v) is 5.00. The summed E-state index contributed by atoms with van der Waals surface area (Å²) in [6.45, 7) is 6.00. The van der Waals surface area contributed by atoms with Gasteiger partial charge in [-0.25, -0.2) is 4.39 Å². The van der Waals surface area contributed by atoms with Crippen LogP contribution in [0.25, 0.3) is 0 Å². The zero-order chi connectivity index (χ0) is 24.6. The van der Waals surface area contributed by atoms with Crippen LogP contribution in [0, 0.1) is 17.1 Å². The van der Waals surface area contributed by atoms with Gasteiger partial charge < -0.3 is 15.7 Å². The lowest BCUT2D eigenvalue weighted by molar-refractivity contribution is -0.131. The summed E-state index contributed by atoms with van der Waals surface area (Å²) in [5, 5.41) is 24.8. The lowest BCUT2D eigenvalue weighted by Crippen LogP contribution is -2.63. The number of hydrogen-bond donors (Lipinski definition) is 4. The van der Waals surface area contributed by atoms with E-state index in [1.165, 1.54) is 17.0 Å². The average Bonchev–Trinajstić information content (AvgIpc) is 3.10. The van der Waals surface area contributed by atoms with Crippen LogP contribution < -0.4 is 10.6 Å². The van der Waals surface area contributed by atoms with Gasteiger partial charge in [-0.3, -0.25) is 19.9 Å². The van der Waals surface area contributed by atoms with E-state index in [0.29, 0.717) is 18.4 Å².